The van der Waals surface area contributed by atoms with Crippen LogP contribution in [0.25, 0.3) is 0 Å². The van der Waals surface area contributed by atoms with Crippen molar-refractivity contribution in [3.05, 3.63) is 52.1 Å². The number of amides is 1. The van der Waals surface area contributed by atoms with E-state index in [1.807, 2.05) is 6.92 Å². The van der Waals surface area contributed by atoms with Crippen LogP contribution in [0.15, 0.2) is 36.5 Å². The number of nitrogens with one attached hydrogen (secondary N) is 2. The van der Waals surface area contributed by atoms with Gasteiger partial charge in [-0.05, 0) is 37.3 Å². The van der Waals surface area contributed by atoms with E-state index >= 15 is 0 Å². The fourth-order valence-corrected chi connectivity index (χ4v) is 2.05. The number of aromatic nitrogens is 1. The maximum absolute atomic E-state index is 12.1. The Balaban J connectivity index is 2.11. The summed E-state index contributed by atoms with van der Waals surface area (Å²) >= 11 is 11.8. The number of nitrogens with zero attached hydrogens (tertiary/aromatic N) is 1. The second-order valence-corrected chi connectivity index (χ2v) is 4.88. The van der Waals surface area contributed by atoms with Crippen LogP contribution in [0.2, 0.25) is 10.0 Å². The van der Waals surface area contributed by atoms with Crippen LogP contribution in [0.5, 0.6) is 0 Å². The number of benzene rings is 1. The molecule has 0 bridgehead atoms. The van der Waals surface area contributed by atoms with Crippen LogP contribution in [0.4, 0.5) is 11.5 Å². The molecule has 0 unspecified atom stereocenters. The lowest BCUT2D eigenvalue weighted by Gasteiger charge is -2.08. The maximum Gasteiger partial charge on any atom is 0.257 e. The van der Waals surface area contributed by atoms with Crippen molar-refractivity contribution in [1.82, 2.24) is 4.98 Å². The van der Waals surface area contributed by atoms with Gasteiger partial charge in [0.25, 0.3) is 5.91 Å². The second kappa shape index (κ2) is 6.59. The van der Waals surface area contributed by atoms with Crippen molar-refractivity contribution in [1.29, 1.82) is 0 Å². The number of carbonyl (C=O) groups is 1. The molecule has 1 amide bonds. The molecule has 1 heterocycles. The maximum atomic E-state index is 12.1. The molecule has 0 aliphatic carbocycles. The van der Waals surface area contributed by atoms with Crippen LogP contribution < -0.4 is 10.6 Å². The third-order valence-corrected chi connectivity index (χ3v) is 3.11. The summed E-state index contributed by atoms with van der Waals surface area (Å²) in [4.78, 5) is 16.2. The zero-order chi connectivity index (χ0) is 14.5. The lowest BCUT2D eigenvalue weighted by atomic mass is 10.2. The van der Waals surface area contributed by atoms with Gasteiger partial charge in [-0.15, -0.1) is 0 Å². The number of halogens is 2. The Morgan fingerprint density at radius 3 is 2.65 bits per heavy atom. The number of pyridine rings is 1. The summed E-state index contributed by atoms with van der Waals surface area (Å²) in [5, 5.41) is 6.69. The minimum absolute atomic E-state index is 0.273. The van der Waals surface area contributed by atoms with Crippen LogP contribution in [0.1, 0.15) is 17.3 Å². The summed E-state index contributed by atoms with van der Waals surface area (Å²) in [6, 6.07) is 8.34. The zero-order valence-electron chi connectivity index (χ0n) is 10.8. The Morgan fingerprint density at radius 1 is 1.25 bits per heavy atom. The van der Waals surface area contributed by atoms with Crippen molar-refractivity contribution >= 4 is 40.6 Å². The minimum Gasteiger partial charge on any atom is -0.370 e. The largest absolute Gasteiger partial charge is 0.370 e. The first-order valence-corrected chi connectivity index (χ1v) is 6.82. The molecule has 20 heavy (non-hydrogen) atoms. The van der Waals surface area contributed by atoms with Gasteiger partial charge in [-0.1, -0.05) is 23.2 Å². The summed E-state index contributed by atoms with van der Waals surface area (Å²) in [6.07, 6.45) is 1.51. The first kappa shape index (κ1) is 14.6. The first-order valence-electron chi connectivity index (χ1n) is 6.06. The van der Waals surface area contributed by atoms with Gasteiger partial charge in [0.1, 0.15) is 5.82 Å². The molecule has 0 saturated carbocycles. The van der Waals surface area contributed by atoms with E-state index in [0.717, 1.165) is 12.4 Å². The van der Waals surface area contributed by atoms with Crippen molar-refractivity contribution < 1.29 is 4.79 Å². The standard InChI is InChI=1S/C14H13Cl2N3O/c1-2-17-13-6-3-9(8-18-13)14(20)19-12-5-4-10(15)7-11(12)16/h3-8H,2H2,1H3,(H,17,18)(H,19,20). The van der Waals surface area contributed by atoms with Crippen LogP contribution >= 0.6 is 23.2 Å². The van der Waals surface area contributed by atoms with E-state index in [1.165, 1.54) is 6.20 Å². The Labute approximate surface area is 127 Å². The average Bonchev–Trinajstić information content (AvgIpc) is 2.43. The fraction of sp³-hybridized carbons (Fsp3) is 0.143. The Morgan fingerprint density at radius 2 is 2.05 bits per heavy atom. The Kier molecular flexibility index (Phi) is 4.82. The first-order chi connectivity index (χ1) is 9.60. The highest BCUT2D eigenvalue weighted by Gasteiger charge is 2.09. The van der Waals surface area contributed by atoms with Crippen LogP contribution in [-0.2, 0) is 0 Å². The van der Waals surface area contributed by atoms with Crippen LogP contribution in [-0.4, -0.2) is 17.4 Å². The number of hydrogen-bond donors (Lipinski definition) is 2. The molecular formula is C14H13Cl2N3O. The Bertz CT molecular complexity index is 614. The highest BCUT2D eigenvalue weighted by atomic mass is 35.5. The summed E-state index contributed by atoms with van der Waals surface area (Å²) in [7, 11) is 0. The van der Waals surface area contributed by atoms with E-state index in [1.54, 1.807) is 30.3 Å². The van der Waals surface area contributed by atoms with Gasteiger partial charge in [-0.2, -0.15) is 0 Å². The molecule has 4 nitrogen and oxygen atoms in total. The number of anilines is 2. The molecule has 0 atom stereocenters. The molecule has 0 radical (unpaired) electrons. The molecule has 104 valence electrons. The molecule has 2 rings (SSSR count). The van der Waals surface area contributed by atoms with E-state index < -0.39 is 0 Å². The lowest BCUT2D eigenvalue weighted by molar-refractivity contribution is 0.102. The quantitative estimate of drug-likeness (QED) is 0.895. The average molecular weight is 310 g/mol. The smallest absolute Gasteiger partial charge is 0.257 e. The van der Waals surface area contributed by atoms with Gasteiger partial charge in [0.2, 0.25) is 0 Å². The lowest BCUT2D eigenvalue weighted by Crippen LogP contribution is -2.12. The fourth-order valence-electron chi connectivity index (χ4n) is 1.60. The van der Waals surface area contributed by atoms with E-state index in [9.17, 15) is 4.79 Å². The van der Waals surface area contributed by atoms with E-state index in [-0.39, 0.29) is 5.91 Å². The molecule has 0 fully saturated rings. The van der Waals surface area contributed by atoms with Crippen molar-refractivity contribution in [3.63, 3.8) is 0 Å². The van der Waals surface area contributed by atoms with Gasteiger partial charge in [0.15, 0.2) is 0 Å². The molecule has 0 spiro atoms. The highest BCUT2D eigenvalue weighted by Crippen LogP contribution is 2.25. The number of rotatable bonds is 4. The summed E-state index contributed by atoms with van der Waals surface area (Å²) < 4.78 is 0. The molecule has 6 heteroatoms. The topological polar surface area (TPSA) is 54.0 Å². The van der Waals surface area contributed by atoms with Crippen LogP contribution in [0.3, 0.4) is 0 Å². The SMILES string of the molecule is CCNc1ccc(C(=O)Nc2ccc(Cl)cc2Cl)cn1. The molecular weight excluding hydrogens is 297 g/mol. The third-order valence-electron chi connectivity index (χ3n) is 2.56. The van der Waals surface area contributed by atoms with Gasteiger partial charge < -0.3 is 10.6 Å². The number of carbonyl (C=O) groups excluding carboxylic acids is 1. The number of hydrogen-bond acceptors (Lipinski definition) is 3. The van der Waals surface area contributed by atoms with Gasteiger partial charge >= 0.3 is 0 Å². The van der Waals surface area contributed by atoms with E-state index in [0.29, 0.717) is 21.3 Å². The zero-order valence-corrected chi connectivity index (χ0v) is 12.3. The van der Waals surface area contributed by atoms with Gasteiger partial charge in [-0.25, -0.2) is 4.98 Å². The second-order valence-electron chi connectivity index (χ2n) is 4.04. The minimum atomic E-state index is -0.273. The molecule has 1 aromatic carbocycles. The van der Waals surface area contributed by atoms with Crippen molar-refractivity contribution in [2.45, 2.75) is 6.92 Å². The Hall–Kier alpha value is -1.78. The monoisotopic (exact) mass is 309 g/mol. The van der Waals surface area contributed by atoms with Crippen molar-refractivity contribution in [2.75, 3.05) is 17.2 Å². The third kappa shape index (κ3) is 3.62. The van der Waals surface area contributed by atoms with Gasteiger partial charge in [-0.3, -0.25) is 4.79 Å². The van der Waals surface area contributed by atoms with Crippen LogP contribution in [0, 0.1) is 0 Å². The van der Waals surface area contributed by atoms with E-state index in [2.05, 4.69) is 15.6 Å². The van der Waals surface area contributed by atoms with Gasteiger partial charge in [0.05, 0.1) is 16.3 Å². The predicted octanol–water partition coefficient (Wildman–Crippen LogP) is 4.07. The molecule has 0 aliphatic heterocycles. The molecule has 0 saturated heterocycles. The van der Waals surface area contributed by atoms with Crippen molar-refractivity contribution in [2.24, 2.45) is 0 Å². The summed E-state index contributed by atoms with van der Waals surface area (Å²) in [6.45, 7) is 2.75. The molecule has 0 aliphatic rings. The molecule has 2 aromatic rings. The van der Waals surface area contributed by atoms with Gasteiger partial charge in [0, 0.05) is 17.8 Å². The summed E-state index contributed by atoms with van der Waals surface area (Å²) in [5.74, 6) is 0.457. The predicted molar refractivity (Wildman–Crippen MR) is 82.8 cm³/mol. The normalized spacial score (nSPS) is 10.2. The highest BCUT2D eigenvalue weighted by molar-refractivity contribution is 6.36. The van der Waals surface area contributed by atoms with Crippen molar-refractivity contribution in [3.8, 4) is 0 Å². The van der Waals surface area contributed by atoms with E-state index in [4.69, 9.17) is 23.2 Å². The molecule has 2 N–H and O–H groups in total. The molecule has 1 aromatic heterocycles. The summed E-state index contributed by atoms with van der Waals surface area (Å²) in [5.41, 5.74) is 0.967.